The van der Waals surface area contributed by atoms with Gasteiger partial charge in [0.25, 0.3) is 0 Å². The molecule has 5 nitrogen and oxygen atoms in total. The smallest absolute Gasteiger partial charge is 0.119 e. The quantitative estimate of drug-likeness (QED) is 0.733. The van der Waals surface area contributed by atoms with Crippen molar-refractivity contribution in [3.05, 3.63) is 35.5 Å². The van der Waals surface area contributed by atoms with Crippen LogP contribution in [0, 0.1) is 6.92 Å². The fourth-order valence-corrected chi connectivity index (χ4v) is 2.14. The highest BCUT2D eigenvalue weighted by atomic mass is 16.5. The number of nitrogens with zero attached hydrogens (tertiary/aromatic N) is 1. The largest absolute Gasteiger partial charge is 0.491 e. The van der Waals surface area contributed by atoms with Crippen LogP contribution in [0.5, 0.6) is 5.75 Å². The van der Waals surface area contributed by atoms with Crippen molar-refractivity contribution in [2.45, 2.75) is 20.4 Å². The lowest BCUT2D eigenvalue weighted by atomic mass is 10.1. The topological polar surface area (TPSA) is 59.2 Å². The minimum atomic E-state index is 0.570. The Morgan fingerprint density at radius 1 is 1.19 bits per heavy atom. The van der Waals surface area contributed by atoms with Gasteiger partial charge < -0.3 is 14.8 Å². The van der Waals surface area contributed by atoms with Crippen molar-refractivity contribution in [3.63, 3.8) is 0 Å². The molecule has 0 aliphatic rings. The summed E-state index contributed by atoms with van der Waals surface area (Å²) >= 11 is 0. The van der Waals surface area contributed by atoms with E-state index in [0.717, 1.165) is 35.9 Å². The van der Waals surface area contributed by atoms with E-state index in [1.165, 1.54) is 5.56 Å². The summed E-state index contributed by atoms with van der Waals surface area (Å²) in [7, 11) is 1.92. The van der Waals surface area contributed by atoms with Gasteiger partial charge in [-0.1, -0.05) is 0 Å². The number of aromatic nitrogens is 2. The first kappa shape index (κ1) is 15.5. The Bertz CT molecular complexity index is 549. The number of nitrogens with one attached hydrogen (secondary N) is 2. The third-order valence-corrected chi connectivity index (χ3v) is 3.29. The number of ether oxygens (including phenoxy) is 2. The van der Waals surface area contributed by atoms with Gasteiger partial charge in [0.15, 0.2) is 0 Å². The SMILES string of the molecule is CCOCCOc1ccc(-c2n[nH]c(CNC)c2C)cc1. The van der Waals surface area contributed by atoms with Crippen LogP contribution in [0.25, 0.3) is 11.3 Å². The van der Waals surface area contributed by atoms with Crippen LogP contribution in [-0.4, -0.2) is 37.1 Å². The Hall–Kier alpha value is -1.85. The molecule has 0 bridgehead atoms. The first-order chi connectivity index (χ1) is 10.3. The average Bonchev–Trinajstić information content (AvgIpc) is 2.86. The van der Waals surface area contributed by atoms with Gasteiger partial charge in [-0.25, -0.2) is 0 Å². The lowest BCUT2D eigenvalue weighted by molar-refractivity contribution is 0.110. The molecule has 2 rings (SSSR count). The molecule has 2 aromatic rings. The maximum atomic E-state index is 5.61. The van der Waals surface area contributed by atoms with E-state index in [0.29, 0.717) is 13.2 Å². The third-order valence-electron chi connectivity index (χ3n) is 3.29. The van der Waals surface area contributed by atoms with Crippen LogP contribution in [0.15, 0.2) is 24.3 Å². The highest BCUT2D eigenvalue weighted by Gasteiger charge is 2.10. The number of benzene rings is 1. The minimum Gasteiger partial charge on any atom is -0.491 e. The van der Waals surface area contributed by atoms with Crippen LogP contribution in [0.3, 0.4) is 0 Å². The second-order valence-corrected chi connectivity index (χ2v) is 4.78. The number of H-pyrrole nitrogens is 1. The lowest BCUT2D eigenvalue weighted by Gasteiger charge is -2.07. The molecule has 0 aliphatic heterocycles. The Balaban J connectivity index is 2.01. The van der Waals surface area contributed by atoms with Crippen molar-refractivity contribution >= 4 is 0 Å². The van der Waals surface area contributed by atoms with E-state index in [1.807, 2.05) is 38.2 Å². The van der Waals surface area contributed by atoms with Crippen molar-refractivity contribution in [2.75, 3.05) is 26.9 Å². The zero-order valence-corrected chi connectivity index (χ0v) is 12.9. The maximum absolute atomic E-state index is 5.61. The van der Waals surface area contributed by atoms with Gasteiger partial charge in [-0.3, -0.25) is 5.10 Å². The van der Waals surface area contributed by atoms with E-state index >= 15 is 0 Å². The predicted molar refractivity (Wildman–Crippen MR) is 83.5 cm³/mol. The number of aromatic amines is 1. The summed E-state index contributed by atoms with van der Waals surface area (Å²) in [4.78, 5) is 0. The van der Waals surface area contributed by atoms with Gasteiger partial charge in [-0.05, 0) is 50.7 Å². The molecule has 1 aromatic carbocycles. The van der Waals surface area contributed by atoms with Crippen molar-refractivity contribution in [3.8, 4) is 17.0 Å². The second kappa shape index (κ2) is 7.81. The molecule has 0 saturated heterocycles. The molecule has 0 fully saturated rings. The molecule has 1 aromatic heterocycles. The average molecular weight is 289 g/mol. The molecular weight excluding hydrogens is 266 g/mol. The molecule has 114 valence electrons. The number of rotatable bonds is 8. The fraction of sp³-hybridized carbons (Fsp3) is 0.438. The first-order valence-corrected chi connectivity index (χ1v) is 7.25. The Labute approximate surface area is 125 Å². The van der Waals surface area contributed by atoms with E-state index in [-0.39, 0.29) is 0 Å². The van der Waals surface area contributed by atoms with Crippen molar-refractivity contribution in [1.82, 2.24) is 15.5 Å². The standard InChI is InChI=1S/C16H23N3O2/c1-4-20-9-10-21-14-7-5-13(6-8-14)16-12(2)15(11-17-3)18-19-16/h5-8,17H,4,9-11H2,1-3H3,(H,18,19). The summed E-state index contributed by atoms with van der Waals surface area (Å²) in [5.41, 5.74) is 4.36. The Morgan fingerprint density at radius 2 is 1.95 bits per heavy atom. The first-order valence-electron chi connectivity index (χ1n) is 7.25. The van der Waals surface area contributed by atoms with Gasteiger partial charge >= 0.3 is 0 Å². The summed E-state index contributed by atoms with van der Waals surface area (Å²) in [5.74, 6) is 0.849. The van der Waals surface area contributed by atoms with E-state index < -0.39 is 0 Å². The van der Waals surface area contributed by atoms with E-state index in [2.05, 4.69) is 22.4 Å². The maximum Gasteiger partial charge on any atom is 0.119 e. The molecule has 5 heteroatoms. The summed E-state index contributed by atoms with van der Waals surface area (Å²) in [5, 5.41) is 10.6. The normalized spacial score (nSPS) is 10.8. The third kappa shape index (κ3) is 4.06. The summed E-state index contributed by atoms with van der Waals surface area (Å²) in [6.45, 7) is 6.75. The summed E-state index contributed by atoms with van der Waals surface area (Å²) in [6, 6.07) is 7.99. The number of hydrogen-bond acceptors (Lipinski definition) is 4. The monoisotopic (exact) mass is 289 g/mol. The molecule has 1 heterocycles. The van der Waals surface area contributed by atoms with E-state index in [4.69, 9.17) is 9.47 Å². The van der Waals surface area contributed by atoms with Gasteiger partial charge in [0.1, 0.15) is 12.4 Å². The molecule has 21 heavy (non-hydrogen) atoms. The van der Waals surface area contributed by atoms with Gasteiger partial charge in [0.05, 0.1) is 18.0 Å². The molecule has 2 N–H and O–H groups in total. The van der Waals surface area contributed by atoms with Gasteiger partial charge in [-0.2, -0.15) is 5.10 Å². The van der Waals surface area contributed by atoms with Crippen LogP contribution in [0.4, 0.5) is 0 Å². The summed E-state index contributed by atoms with van der Waals surface area (Å²) < 4.78 is 10.9. The van der Waals surface area contributed by atoms with Crippen molar-refractivity contribution in [2.24, 2.45) is 0 Å². The zero-order chi connectivity index (χ0) is 15.1. The summed E-state index contributed by atoms with van der Waals surface area (Å²) in [6.07, 6.45) is 0. The highest BCUT2D eigenvalue weighted by molar-refractivity contribution is 5.64. The van der Waals surface area contributed by atoms with Crippen LogP contribution in [0.1, 0.15) is 18.2 Å². The molecule has 0 spiro atoms. The van der Waals surface area contributed by atoms with Crippen LogP contribution < -0.4 is 10.1 Å². The minimum absolute atomic E-state index is 0.570. The zero-order valence-electron chi connectivity index (χ0n) is 12.9. The van der Waals surface area contributed by atoms with Crippen LogP contribution >= 0.6 is 0 Å². The Kier molecular flexibility index (Phi) is 5.78. The van der Waals surface area contributed by atoms with E-state index in [1.54, 1.807) is 0 Å². The molecule has 0 aliphatic carbocycles. The molecule has 0 radical (unpaired) electrons. The molecule has 0 saturated carbocycles. The second-order valence-electron chi connectivity index (χ2n) is 4.78. The van der Waals surface area contributed by atoms with E-state index in [9.17, 15) is 0 Å². The van der Waals surface area contributed by atoms with Gasteiger partial charge in [0, 0.05) is 18.7 Å². The van der Waals surface area contributed by atoms with Crippen molar-refractivity contribution in [1.29, 1.82) is 0 Å². The van der Waals surface area contributed by atoms with Crippen LogP contribution in [-0.2, 0) is 11.3 Å². The molecular formula is C16H23N3O2. The van der Waals surface area contributed by atoms with Crippen molar-refractivity contribution < 1.29 is 9.47 Å². The Morgan fingerprint density at radius 3 is 2.62 bits per heavy atom. The molecule has 0 unspecified atom stereocenters. The fourth-order valence-electron chi connectivity index (χ4n) is 2.14. The lowest BCUT2D eigenvalue weighted by Crippen LogP contribution is -2.06. The molecule has 0 atom stereocenters. The number of hydrogen-bond donors (Lipinski definition) is 2. The predicted octanol–water partition coefficient (Wildman–Crippen LogP) is 2.52. The molecule has 0 amide bonds. The van der Waals surface area contributed by atoms with Gasteiger partial charge in [0.2, 0.25) is 0 Å². The van der Waals surface area contributed by atoms with Gasteiger partial charge in [-0.15, -0.1) is 0 Å². The van der Waals surface area contributed by atoms with Crippen LogP contribution in [0.2, 0.25) is 0 Å². The highest BCUT2D eigenvalue weighted by Crippen LogP contribution is 2.25.